The van der Waals surface area contributed by atoms with Crippen molar-refractivity contribution in [2.24, 2.45) is 0 Å². The first kappa shape index (κ1) is 16.9. The SMILES string of the molecule is CCN(Cc1cccc(Cl)c1)S(=O)(=O)c1c(F)cccc1F. The first-order valence-corrected chi connectivity index (χ1v) is 8.36. The van der Waals surface area contributed by atoms with Gasteiger partial charge in [-0.05, 0) is 29.8 Å². The summed E-state index contributed by atoms with van der Waals surface area (Å²) >= 11 is 5.87. The van der Waals surface area contributed by atoms with Crippen LogP contribution in [0.15, 0.2) is 47.4 Å². The minimum absolute atomic E-state index is 0.0207. The van der Waals surface area contributed by atoms with Crippen molar-refractivity contribution in [3.05, 3.63) is 64.7 Å². The zero-order chi connectivity index (χ0) is 16.3. The summed E-state index contributed by atoms with van der Waals surface area (Å²) in [5.74, 6) is -2.21. The standard InChI is InChI=1S/C15H14ClF2NO2S/c1-2-19(10-11-5-3-6-12(16)9-11)22(20,21)15-13(17)7-4-8-14(15)18/h3-9H,2,10H2,1H3. The molecule has 0 saturated heterocycles. The molecular formula is C15H14ClF2NO2S. The van der Waals surface area contributed by atoms with Gasteiger partial charge in [-0.25, -0.2) is 17.2 Å². The monoisotopic (exact) mass is 345 g/mol. The highest BCUT2D eigenvalue weighted by molar-refractivity contribution is 7.89. The van der Waals surface area contributed by atoms with E-state index in [0.29, 0.717) is 10.6 Å². The van der Waals surface area contributed by atoms with E-state index in [1.807, 2.05) is 0 Å². The second kappa shape index (κ2) is 6.73. The van der Waals surface area contributed by atoms with Crippen LogP contribution < -0.4 is 0 Å². The Kier molecular flexibility index (Phi) is 5.16. The first-order valence-electron chi connectivity index (χ1n) is 6.55. The Morgan fingerprint density at radius 3 is 2.23 bits per heavy atom. The van der Waals surface area contributed by atoms with E-state index in [1.165, 1.54) is 0 Å². The molecule has 0 heterocycles. The highest BCUT2D eigenvalue weighted by Crippen LogP contribution is 2.24. The van der Waals surface area contributed by atoms with Gasteiger partial charge < -0.3 is 0 Å². The van der Waals surface area contributed by atoms with E-state index in [4.69, 9.17) is 11.6 Å². The zero-order valence-corrected chi connectivity index (χ0v) is 13.3. The van der Waals surface area contributed by atoms with Gasteiger partial charge in [-0.3, -0.25) is 0 Å². The molecule has 0 fully saturated rings. The Morgan fingerprint density at radius 2 is 1.68 bits per heavy atom. The van der Waals surface area contributed by atoms with Crippen molar-refractivity contribution in [2.45, 2.75) is 18.4 Å². The minimum atomic E-state index is -4.28. The van der Waals surface area contributed by atoms with Crippen LogP contribution >= 0.6 is 11.6 Å². The van der Waals surface area contributed by atoms with Gasteiger partial charge in [0, 0.05) is 18.1 Å². The van der Waals surface area contributed by atoms with Gasteiger partial charge in [-0.15, -0.1) is 0 Å². The van der Waals surface area contributed by atoms with Crippen molar-refractivity contribution in [2.75, 3.05) is 6.54 Å². The molecule has 0 aliphatic rings. The van der Waals surface area contributed by atoms with Gasteiger partial charge in [0.15, 0.2) is 4.90 Å². The molecule has 0 radical (unpaired) electrons. The third-order valence-electron chi connectivity index (χ3n) is 3.12. The fourth-order valence-electron chi connectivity index (χ4n) is 2.06. The summed E-state index contributed by atoms with van der Waals surface area (Å²) in [6, 6.07) is 9.61. The van der Waals surface area contributed by atoms with E-state index in [-0.39, 0.29) is 13.1 Å². The molecule has 0 unspecified atom stereocenters. The van der Waals surface area contributed by atoms with Gasteiger partial charge in [0.05, 0.1) is 0 Å². The lowest BCUT2D eigenvalue weighted by molar-refractivity contribution is 0.412. The quantitative estimate of drug-likeness (QED) is 0.826. The van der Waals surface area contributed by atoms with Crippen LogP contribution in [0.25, 0.3) is 0 Å². The number of nitrogens with zero attached hydrogens (tertiary/aromatic N) is 1. The summed E-state index contributed by atoms with van der Waals surface area (Å²) in [7, 11) is -4.28. The molecule has 3 nitrogen and oxygen atoms in total. The molecule has 0 aliphatic heterocycles. The lowest BCUT2D eigenvalue weighted by atomic mass is 10.2. The molecule has 2 rings (SSSR count). The van der Waals surface area contributed by atoms with E-state index < -0.39 is 26.6 Å². The lowest BCUT2D eigenvalue weighted by Crippen LogP contribution is -2.31. The van der Waals surface area contributed by atoms with Gasteiger partial charge in [-0.2, -0.15) is 4.31 Å². The van der Waals surface area contributed by atoms with E-state index in [2.05, 4.69) is 0 Å². The van der Waals surface area contributed by atoms with Crippen molar-refractivity contribution in [1.29, 1.82) is 0 Å². The lowest BCUT2D eigenvalue weighted by Gasteiger charge is -2.21. The second-order valence-electron chi connectivity index (χ2n) is 4.61. The molecule has 2 aromatic carbocycles. The van der Waals surface area contributed by atoms with Gasteiger partial charge in [0.25, 0.3) is 0 Å². The molecule has 0 spiro atoms. The zero-order valence-electron chi connectivity index (χ0n) is 11.8. The van der Waals surface area contributed by atoms with Crippen molar-refractivity contribution in [1.82, 2.24) is 4.31 Å². The van der Waals surface area contributed by atoms with Crippen LogP contribution in [0.2, 0.25) is 5.02 Å². The van der Waals surface area contributed by atoms with Crippen LogP contribution in [0, 0.1) is 11.6 Å². The summed E-state index contributed by atoms with van der Waals surface area (Å²) in [4.78, 5) is -0.932. The molecule has 0 amide bonds. The molecule has 0 aromatic heterocycles. The highest BCUT2D eigenvalue weighted by Gasteiger charge is 2.29. The van der Waals surface area contributed by atoms with Crippen molar-refractivity contribution < 1.29 is 17.2 Å². The molecule has 118 valence electrons. The third-order valence-corrected chi connectivity index (χ3v) is 5.33. The Labute approximate surface area is 133 Å². The van der Waals surface area contributed by atoms with Crippen LogP contribution in [-0.4, -0.2) is 19.3 Å². The summed E-state index contributed by atoms with van der Waals surface area (Å²) in [6.45, 7) is 1.65. The molecule has 22 heavy (non-hydrogen) atoms. The Morgan fingerprint density at radius 1 is 1.09 bits per heavy atom. The smallest absolute Gasteiger partial charge is 0.207 e. The number of hydrogen-bond donors (Lipinski definition) is 0. The van der Waals surface area contributed by atoms with Crippen molar-refractivity contribution in [3.63, 3.8) is 0 Å². The molecule has 0 aliphatic carbocycles. The van der Waals surface area contributed by atoms with E-state index >= 15 is 0 Å². The van der Waals surface area contributed by atoms with Gasteiger partial charge >= 0.3 is 0 Å². The molecular weight excluding hydrogens is 332 g/mol. The average Bonchev–Trinajstić information content (AvgIpc) is 2.44. The highest BCUT2D eigenvalue weighted by atomic mass is 35.5. The maximum Gasteiger partial charge on any atom is 0.249 e. The molecule has 2 aromatic rings. The second-order valence-corrected chi connectivity index (χ2v) is 6.92. The van der Waals surface area contributed by atoms with Gasteiger partial charge in [0.2, 0.25) is 10.0 Å². The van der Waals surface area contributed by atoms with Crippen molar-refractivity contribution in [3.8, 4) is 0 Å². The summed E-state index contributed by atoms with van der Waals surface area (Å²) in [5, 5.41) is 0.461. The van der Waals surface area contributed by atoms with Crippen LogP contribution in [0.5, 0.6) is 0 Å². The average molecular weight is 346 g/mol. The third kappa shape index (κ3) is 3.45. The summed E-state index contributed by atoms with van der Waals surface area (Å²) in [6.07, 6.45) is 0. The summed E-state index contributed by atoms with van der Waals surface area (Å²) < 4.78 is 53.6. The van der Waals surface area contributed by atoms with E-state index in [0.717, 1.165) is 22.5 Å². The number of rotatable bonds is 5. The van der Waals surface area contributed by atoms with E-state index in [1.54, 1.807) is 31.2 Å². The maximum atomic E-state index is 13.8. The molecule has 7 heteroatoms. The predicted octanol–water partition coefficient (Wildman–Crippen LogP) is 3.83. The first-order chi connectivity index (χ1) is 10.4. The number of halogens is 3. The number of benzene rings is 2. The molecule has 0 N–H and O–H groups in total. The normalized spacial score (nSPS) is 11.9. The van der Waals surface area contributed by atoms with Crippen LogP contribution in [0.3, 0.4) is 0 Å². The predicted molar refractivity (Wildman–Crippen MR) is 81.1 cm³/mol. The van der Waals surface area contributed by atoms with Crippen molar-refractivity contribution >= 4 is 21.6 Å². The topological polar surface area (TPSA) is 37.4 Å². The Hall–Kier alpha value is -1.50. The fraction of sp³-hybridized carbons (Fsp3) is 0.200. The minimum Gasteiger partial charge on any atom is -0.207 e. The van der Waals surface area contributed by atoms with Crippen LogP contribution in [-0.2, 0) is 16.6 Å². The maximum absolute atomic E-state index is 13.8. The molecule has 0 saturated carbocycles. The van der Waals surface area contributed by atoms with Gasteiger partial charge in [-0.1, -0.05) is 36.7 Å². The van der Waals surface area contributed by atoms with E-state index in [9.17, 15) is 17.2 Å². The number of hydrogen-bond acceptors (Lipinski definition) is 2. The Balaban J connectivity index is 2.41. The largest absolute Gasteiger partial charge is 0.249 e. The van der Waals surface area contributed by atoms with Crippen LogP contribution in [0.4, 0.5) is 8.78 Å². The Bertz CT molecular complexity index is 761. The molecule has 0 bridgehead atoms. The summed E-state index contributed by atoms with van der Waals surface area (Å²) in [5.41, 5.74) is 0.634. The number of sulfonamides is 1. The molecule has 0 atom stereocenters. The van der Waals surface area contributed by atoms with Gasteiger partial charge in [0.1, 0.15) is 11.6 Å². The fourth-order valence-corrected chi connectivity index (χ4v) is 3.82. The van der Waals surface area contributed by atoms with Crippen LogP contribution in [0.1, 0.15) is 12.5 Å².